The zero-order valence-electron chi connectivity index (χ0n) is 8.48. The minimum Gasteiger partial charge on any atom is -0.396 e. The number of aliphatic hydroxyl groups excluding tert-OH is 1. The minimum absolute atomic E-state index is 0.169. The summed E-state index contributed by atoms with van der Waals surface area (Å²) in [6, 6.07) is 0.609. The SMILES string of the molecule is O=C1CCCN(C2CC2)N1CCCO. The number of rotatable bonds is 4. The molecule has 2 aliphatic rings. The van der Waals surface area contributed by atoms with E-state index < -0.39 is 0 Å². The normalized spacial score (nSPS) is 24.4. The number of aliphatic hydroxyl groups is 1. The van der Waals surface area contributed by atoms with E-state index in [0.29, 0.717) is 25.4 Å². The second kappa shape index (κ2) is 4.28. The van der Waals surface area contributed by atoms with Gasteiger partial charge in [-0.3, -0.25) is 9.80 Å². The van der Waals surface area contributed by atoms with E-state index in [0.717, 1.165) is 13.0 Å². The van der Waals surface area contributed by atoms with Gasteiger partial charge in [0.15, 0.2) is 0 Å². The molecule has 0 aromatic heterocycles. The van der Waals surface area contributed by atoms with Gasteiger partial charge < -0.3 is 5.11 Å². The van der Waals surface area contributed by atoms with Crippen molar-refractivity contribution in [3.05, 3.63) is 0 Å². The summed E-state index contributed by atoms with van der Waals surface area (Å²) in [6.07, 6.45) is 4.81. The molecular formula is C10H18N2O2. The molecule has 0 aromatic carbocycles. The van der Waals surface area contributed by atoms with Crippen LogP contribution in [-0.4, -0.2) is 46.8 Å². The van der Waals surface area contributed by atoms with Crippen LogP contribution in [0.3, 0.4) is 0 Å². The fourth-order valence-corrected chi connectivity index (χ4v) is 2.01. The quantitative estimate of drug-likeness (QED) is 0.710. The van der Waals surface area contributed by atoms with Gasteiger partial charge in [0.05, 0.1) is 0 Å². The molecule has 1 saturated heterocycles. The summed E-state index contributed by atoms with van der Waals surface area (Å²) >= 11 is 0. The van der Waals surface area contributed by atoms with Crippen molar-refractivity contribution in [1.82, 2.24) is 10.0 Å². The van der Waals surface area contributed by atoms with E-state index in [4.69, 9.17) is 5.11 Å². The molecule has 1 aliphatic heterocycles. The van der Waals surface area contributed by atoms with Crippen LogP contribution in [0.4, 0.5) is 0 Å². The summed E-state index contributed by atoms with van der Waals surface area (Å²) in [6.45, 7) is 1.87. The van der Waals surface area contributed by atoms with Crippen LogP contribution in [0.1, 0.15) is 32.1 Å². The summed E-state index contributed by atoms with van der Waals surface area (Å²) in [5, 5.41) is 12.8. The van der Waals surface area contributed by atoms with E-state index in [1.54, 1.807) is 0 Å². The van der Waals surface area contributed by atoms with E-state index in [2.05, 4.69) is 5.01 Å². The Kier molecular flexibility index (Phi) is 3.03. The number of hydrogen-bond donors (Lipinski definition) is 1. The highest BCUT2D eigenvalue weighted by Crippen LogP contribution is 2.30. The Hall–Kier alpha value is -0.610. The van der Waals surface area contributed by atoms with Gasteiger partial charge in [-0.05, 0) is 25.7 Å². The van der Waals surface area contributed by atoms with E-state index in [1.165, 1.54) is 12.8 Å². The number of carbonyl (C=O) groups is 1. The number of nitrogens with zero attached hydrogens (tertiary/aromatic N) is 2. The van der Waals surface area contributed by atoms with Crippen LogP contribution in [0, 0.1) is 0 Å². The Morgan fingerprint density at radius 2 is 2.21 bits per heavy atom. The zero-order valence-corrected chi connectivity index (χ0v) is 8.48. The maximum absolute atomic E-state index is 11.6. The lowest BCUT2D eigenvalue weighted by atomic mass is 10.2. The molecule has 14 heavy (non-hydrogen) atoms. The molecule has 1 amide bonds. The summed E-state index contributed by atoms with van der Waals surface area (Å²) in [4.78, 5) is 11.6. The van der Waals surface area contributed by atoms with Gasteiger partial charge >= 0.3 is 0 Å². The minimum atomic E-state index is 0.169. The van der Waals surface area contributed by atoms with Gasteiger partial charge in [-0.2, -0.15) is 0 Å². The number of hydrazine groups is 1. The van der Waals surface area contributed by atoms with Crippen molar-refractivity contribution < 1.29 is 9.90 Å². The second-order valence-corrected chi connectivity index (χ2v) is 4.09. The molecular weight excluding hydrogens is 180 g/mol. The van der Waals surface area contributed by atoms with Crippen molar-refractivity contribution in [2.75, 3.05) is 19.7 Å². The number of carbonyl (C=O) groups excluding carboxylic acids is 1. The van der Waals surface area contributed by atoms with E-state index in [1.807, 2.05) is 5.01 Å². The van der Waals surface area contributed by atoms with Crippen molar-refractivity contribution >= 4 is 5.91 Å². The van der Waals surface area contributed by atoms with Crippen molar-refractivity contribution in [3.8, 4) is 0 Å². The van der Waals surface area contributed by atoms with Gasteiger partial charge in [0.2, 0.25) is 5.91 Å². The molecule has 1 heterocycles. The maximum atomic E-state index is 11.6. The third-order valence-corrected chi connectivity index (χ3v) is 2.87. The monoisotopic (exact) mass is 198 g/mol. The molecule has 1 aliphatic carbocycles. The predicted octanol–water partition coefficient (Wildman–Crippen LogP) is 0.371. The molecule has 0 aromatic rings. The summed E-state index contributed by atoms with van der Waals surface area (Å²) < 4.78 is 0. The van der Waals surface area contributed by atoms with E-state index in [-0.39, 0.29) is 12.5 Å². The van der Waals surface area contributed by atoms with Gasteiger partial charge in [0.25, 0.3) is 0 Å². The molecule has 80 valence electrons. The van der Waals surface area contributed by atoms with E-state index in [9.17, 15) is 4.79 Å². The standard InChI is InChI=1S/C10H18N2O2/c13-8-2-7-12-10(14)3-1-6-11(12)9-4-5-9/h9,13H,1-8H2. The van der Waals surface area contributed by atoms with E-state index >= 15 is 0 Å². The molecule has 1 saturated carbocycles. The fourth-order valence-electron chi connectivity index (χ4n) is 2.01. The van der Waals surface area contributed by atoms with Gasteiger partial charge in [0, 0.05) is 32.2 Å². The predicted molar refractivity (Wildman–Crippen MR) is 52.4 cm³/mol. The molecule has 0 spiro atoms. The Morgan fingerprint density at radius 3 is 2.86 bits per heavy atom. The van der Waals surface area contributed by atoms with Crippen molar-refractivity contribution in [3.63, 3.8) is 0 Å². The maximum Gasteiger partial charge on any atom is 0.236 e. The lowest BCUT2D eigenvalue weighted by molar-refractivity contribution is -0.157. The third kappa shape index (κ3) is 2.07. The van der Waals surface area contributed by atoms with Gasteiger partial charge in [-0.15, -0.1) is 0 Å². The smallest absolute Gasteiger partial charge is 0.236 e. The first-order chi connectivity index (χ1) is 6.83. The van der Waals surface area contributed by atoms with Gasteiger partial charge in [-0.25, -0.2) is 5.01 Å². The highest BCUT2D eigenvalue weighted by Gasteiger charge is 2.36. The molecule has 2 fully saturated rings. The summed E-state index contributed by atoms with van der Waals surface area (Å²) in [7, 11) is 0. The van der Waals surface area contributed by atoms with Crippen LogP contribution >= 0.6 is 0 Å². The molecule has 2 rings (SSSR count). The molecule has 4 heteroatoms. The van der Waals surface area contributed by atoms with Crippen LogP contribution in [0.5, 0.6) is 0 Å². The Balaban J connectivity index is 1.93. The lowest BCUT2D eigenvalue weighted by Crippen LogP contribution is -2.52. The topological polar surface area (TPSA) is 43.8 Å². The van der Waals surface area contributed by atoms with Crippen molar-refractivity contribution in [1.29, 1.82) is 0 Å². The van der Waals surface area contributed by atoms with Crippen LogP contribution in [0.2, 0.25) is 0 Å². The fraction of sp³-hybridized carbons (Fsp3) is 0.900. The van der Waals surface area contributed by atoms with Gasteiger partial charge in [-0.1, -0.05) is 0 Å². The Bertz CT molecular complexity index is 216. The lowest BCUT2D eigenvalue weighted by Gasteiger charge is -2.38. The average molecular weight is 198 g/mol. The number of amides is 1. The van der Waals surface area contributed by atoms with Crippen LogP contribution < -0.4 is 0 Å². The third-order valence-electron chi connectivity index (χ3n) is 2.87. The van der Waals surface area contributed by atoms with Crippen LogP contribution in [0.15, 0.2) is 0 Å². The van der Waals surface area contributed by atoms with Crippen LogP contribution in [0.25, 0.3) is 0 Å². The largest absolute Gasteiger partial charge is 0.396 e. The molecule has 0 radical (unpaired) electrons. The zero-order chi connectivity index (χ0) is 9.97. The van der Waals surface area contributed by atoms with Gasteiger partial charge in [0.1, 0.15) is 0 Å². The summed E-state index contributed by atoms with van der Waals surface area (Å²) in [5.74, 6) is 0.233. The molecule has 4 nitrogen and oxygen atoms in total. The van der Waals surface area contributed by atoms with Crippen molar-refractivity contribution in [2.45, 2.75) is 38.1 Å². The molecule has 0 bridgehead atoms. The molecule has 1 N–H and O–H groups in total. The molecule has 0 unspecified atom stereocenters. The Labute approximate surface area is 84.5 Å². The highest BCUT2D eigenvalue weighted by molar-refractivity contribution is 5.76. The summed E-state index contributed by atoms with van der Waals surface area (Å²) in [5.41, 5.74) is 0. The first-order valence-electron chi connectivity index (χ1n) is 5.50. The highest BCUT2D eigenvalue weighted by atomic mass is 16.3. The first-order valence-corrected chi connectivity index (χ1v) is 5.50. The average Bonchev–Trinajstić information content (AvgIpc) is 2.99. The number of hydrogen-bond acceptors (Lipinski definition) is 3. The molecule has 0 atom stereocenters. The first kappa shape index (κ1) is 9.93. The van der Waals surface area contributed by atoms with Crippen molar-refractivity contribution in [2.24, 2.45) is 0 Å². The second-order valence-electron chi connectivity index (χ2n) is 4.09. The van der Waals surface area contributed by atoms with Crippen LogP contribution in [-0.2, 0) is 4.79 Å². The Morgan fingerprint density at radius 1 is 1.43 bits per heavy atom.